The first-order valence-electron chi connectivity index (χ1n) is 8.24. The molecule has 128 valence electrons. The van der Waals surface area contributed by atoms with E-state index < -0.39 is 0 Å². The second kappa shape index (κ2) is 8.74. The van der Waals surface area contributed by atoms with Crippen molar-refractivity contribution in [1.29, 1.82) is 0 Å². The van der Waals surface area contributed by atoms with E-state index in [1.807, 2.05) is 18.2 Å². The van der Waals surface area contributed by atoms with Crippen molar-refractivity contribution in [2.75, 3.05) is 11.9 Å². The van der Waals surface area contributed by atoms with Gasteiger partial charge in [-0.05, 0) is 60.7 Å². The summed E-state index contributed by atoms with van der Waals surface area (Å²) in [6.45, 7) is 6.98. The van der Waals surface area contributed by atoms with Crippen LogP contribution in [-0.2, 0) is 4.79 Å². The SMILES string of the molecule is Cc1cc(OCCCC(=O)Nc2cccc(Cl)c2)ccc1C(C)C. The summed E-state index contributed by atoms with van der Waals surface area (Å²) in [5.41, 5.74) is 3.29. The molecule has 0 aliphatic carbocycles. The Balaban J connectivity index is 1.74. The van der Waals surface area contributed by atoms with Gasteiger partial charge in [-0.1, -0.05) is 37.6 Å². The molecule has 3 nitrogen and oxygen atoms in total. The Hall–Kier alpha value is -2.00. The van der Waals surface area contributed by atoms with Crippen molar-refractivity contribution in [3.05, 3.63) is 58.6 Å². The molecule has 0 saturated carbocycles. The largest absolute Gasteiger partial charge is 0.494 e. The molecular formula is C20H24ClNO2. The highest BCUT2D eigenvalue weighted by Crippen LogP contribution is 2.23. The molecule has 0 aliphatic rings. The second-order valence-corrected chi connectivity index (χ2v) is 6.62. The number of nitrogens with one attached hydrogen (secondary N) is 1. The van der Waals surface area contributed by atoms with Crippen LogP contribution >= 0.6 is 11.6 Å². The molecule has 0 aliphatic heterocycles. The minimum atomic E-state index is -0.0350. The fraction of sp³-hybridized carbons (Fsp3) is 0.350. The standard InChI is InChI=1S/C20H24ClNO2/c1-14(2)19-10-9-18(12-15(19)3)24-11-5-8-20(23)22-17-7-4-6-16(21)13-17/h4,6-7,9-10,12-14H,5,8,11H2,1-3H3,(H,22,23). The Labute approximate surface area is 149 Å². The summed E-state index contributed by atoms with van der Waals surface area (Å²) >= 11 is 5.89. The van der Waals surface area contributed by atoms with Crippen LogP contribution in [0, 0.1) is 6.92 Å². The Morgan fingerprint density at radius 2 is 2.00 bits per heavy atom. The number of carbonyl (C=O) groups excluding carboxylic acids is 1. The molecule has 0 atom stereocenters. The van der Waals surface area contributed by atoms with Gasteiger partial charge in [0, 0.05) is 17.1 Å². The van der Waals surface area contributed by atoms with E-state index in [-0.39, 0.29) is 5.91 Å². The first kappa shape index (κ1) is 18.3. The van der Waals surface area contributed by atoms with Gasteiger partial charge in [-0.25, -0.2) is 0 Å². The minimum Gasteiger partial charge on any atom is -0.494 e. The molecule has 1 N–H and O–H groups in total. The quantitative estimate of drug-likeness (QED) is 0.666. The zero-order chi connectivity index (χ0) is 17.5. The van der Waals surface area contributed by atoms with Crippen molar-refractivity contribution < 1.29 is 9.53 Å². The molecule has 0 bridgehead atoms. The van der Waals surface area contributed by atoms with Crippen LogP contribution in [0.3, 0.4) is 0 Å². The predicted molar refractivity (Wildman–Crippen MR) is 100 cm³/mol. The average molecular weight is 346 g/mol. The fourth-order valence-electron chi connectivity index (χ4n) is 2.60. The molecule has 0 unspecified atom stereocenters. The molecule has 0 fully saturated rings. The summed E-state index contributed by atoms with van der Waals surface area (Å²) in [4.78, 5) is 11.9. The predicted octanol–water partition coefficient (Wildman–Crippen LogP) is 5.57. The van der Waals surface area contributed by atoms with Crippen LogP contribution in [0.1, 0.15) is 43.7 Å². The van der Waals surface area contributed by atoms with E-state index in [0.29, 0.717) is 36.1 Å². The summed E-state index contributed by atoms with van der Waals surface area (Å²) in [6, 6.07) is 13.3. The van der Waals surface area contributed by atoms with Crippen molar-refractivity contribution in [2.24, 2.45) is 0 Å². The highest BCUT2D eigenvalue weighted by molar-refractivity contribution is 6.30. The second-order valence-electron chi connectivity index (χ2n) is 6.18. The Morgan fingerprint density at radius 1 is 1.21 bits per heavy atom. The number of carbonyl (C=O) groups is 1. The molecule has 0 radical (unpaired) electrons. The fourth-order valence-corrected chi connectivity index (χ4v) is 2.79. The van der Waals surface area contributed by atoms with E-state index in [1.165, 1.54) is 11.1 Å². The molecule has 0 aromatic heterocycles. The van der Waals surface area contributed by atoms with Gasteiger partial charge >= 0.3 is 0 Å². The monoisotopic (exact) mass is 345 g/mol. The molecule has 24 heavy (non-hydrogen) atoms. The van der Waals surface area contributed by atoms with Crippen LogP contribution in [0.15, 0.2) is 42.5 Å². The zero-order valence-electron chi connectivity index (χ0n) is 14.4. The molecule has 2 rings (SSSR count). The van der Waals surface area contributed by atoms with Gasteiger partial charge in [0.1, 0.15) is 5.75 Å². The number of amides is 1. The van der Waals surface area contributed by atoms with Crippen molar-refractivity contribution in [3.63, 3.8) is 0 Å². The lowest BCUT2D eigenvalue weighted by atomic mass is 9.98. The third-order valence-electron chi connectivity index (χ3n) is 3.79. The van der Waals surface area contributed by atoms with E-state index in [4.69, 9.17) is 16.3 Å². The van der Waals surface area contributed by atoms with Crippen LogP contribution in [0.5, 0.6) is 5.75 Å². The van der Waals surface area contributed by atoms with Crippen LogP contribution in [0.2, 0.25) is 5.02 Å². The summed E-state index contributed by atoms with van der Waals surface area (Å²) in [6.07, 6.45) is 1.08. The van der Waals surface area contributed by atoms with Gasteiger partial charge in [0.15, 0.2) is 0 Å². The first-order valence-corrected chi connectivity index (χ1v) is 8.62. The molecule has 4 heteroatoms. The molecule has 1 amide bonds. The van der Waals surface area contributed by atoms with Gasteiger partial charge in [-0.2, -0.15) is 0 Å². The molecule has 2 aromatic carbocycles. The average Bonchev–Trinajstić information content (AvgIpc) is 2.51. The maximum absolute atomic E-state index is 11.9. The Morgan fingerprint density at radius 3 is 2.67 bits per heavy atom. The normalized spacial score (nSPS) is 10.7. The highest BCUT2D eigenvalue weighted by Gasteiger charge is 2.06. The maximum Gasteiger partial charge on any atom is 0.224 e. The van der Waals surface area contributed by atoms with Crippen molar-refractivity contribution in [2.45, 2.75) is 39.5 Å². The van der Waals surface area contributed by atoms with Gasteiger partial charge < -0.3 is 10.1 Å². The van der Waals surface area contributed by atoms with Gasteiger partial charge in [0.2, 0.25) is 5.91 Å². The molecule has 0 saturated heterocycles. The van der Waals surface area contributed by atoms with Crippen LogP contribution in [-0.4, -0.2) is 12.5 Å². The summed E-state index contributed by atoms with van der Waals surface area (Å²) in [5.74, 6) is 1.33. The van der Waals surface area contributed by atoms with Gasteiger partial charge in [-0.3, -0.25) is 4.79 Å². The zero-order valence-corrected chi connectivity index (χ0v) is 15.2. The Kier molecular flexibility index (Phi) is 6.68. The van der Waals surface area contributed by atoms with Gasteiger partial charge in [0.05, 0.1) is 6.61 Å². The third kappa shape index (κ3) is 5.57. The number of hydrogen-bond donors (Lipinski definition) is 1. The number of aryl methyl sites for hydroxylation is 1. The van der Waals surface area contributed by atoms with E-state index >= 15 is 0 Å². The smallest absolute Gasteiger partial charge is 0.224 e. The molecular weight excluding hydrogens is 322 g/mol. The third-order valence-corrected chi connectivity index (χ3v) is 4.02. The lowest BCUT2D eigenvalue weighted by Crippen LogP contribution is -2.12. The van der Waals surface area contributed by atoms with Crippen LogP contribution < -0.4 is 10.1 Å². The van der Waals surface area contributed by atoms with E-state index in [2.05, 4.69) is 38.2 Å². The number of halogens is 1. The molecule has 0 heterocycles. The van der Waals surface area contributed by atoms with E-state index in [1.54, 1.807) is 12.1 Å². The lowest BCUT2D eigenvalue weighted by molar-refractivity contribution is -0.116. The number of ether oxygens (including phenoxy) is 1. The molecule has 2 aromatic rings. The lowest BCUT2D eigenvalue weighted by Gasteiger charge is -2.12. The van der Waals surface area contributed by atoms with Crippen molar-refractivity contribution in [3.8, 4) is 5.75 Å². The van der Waals surface area contributed by atoms with E-state index in [0.717, 1.165) is 5.75 Å². The van der Waals surface area contributed by atoms with Crippen molar-refractivity contribution >= 4 is 23.2 Å². The van der Waals surface area contributed by atoms with E-state index in [9.17, 15) is 4.79 Å². The van der Waals surface area contributed by atoms with Crippen molar-refractivity contribution in [1.82, 2.24) is 0 Å². The molecule has 0 spiro atoms. The summed E-state index contributed by atoms with van der Waals surface area (Å²) in [5, 5.41) is 3.44. The maximum atomic E-state index is 11.9. The number of hydrogen-bond acceptors (Lipinski definition) is 2. The van der Waals surface area contributed by atoms with Gasteiger partial charge in [0.25, 0.3) is 0 Å². The minimum absolute atomic E-state index is 0.0350. The van der Waals surface area contributed by atoms with Gasteiger partial charge in [-0.15, -0.1) is 0 Å². The highest BCUT2D eigenvalue weighted by atomic mass is 35.5. The summed E-state index contributed by atoms with van der Waals surface area (Å²) < 4.78 is 5.74. The van der Waals surface area contributed by atoms with Crippen LogP contribution in [0.4, 0.5) is 5.69 Å². The first-order chi connectivity index (χ1) is 11.5. The summed E-state index contributed by atoms with van der Waals surface area (Å²) in [7, 11) is 0. The topological polar surface area (TPSA) is 38.3 Å². The number of anilines is 1. The number of benzene rings is 2. The number of rotatable bonds is 7. The van der Waals surface area contributed by atoms with Crippen LogP contribution in [0.25, 0.3) is 0 Å². The Bertz CT molecular complexity index is 698.